The number of aliphatic hydroxyl groups excluding tert-OH is 1. The number of hydrogen-bond donors (Lipinski definition) is 1. The van der Waals surface area contributed by atoms with Crippen molar-refractivity contribution in [3.63, 3.8) is 0 Å². The van der Waals surface area contributed by atoms with Gasteiger partial charge in [-0.15, -0.1) is 0 Å². The highest BCUT2D eigenvalue weighted by molar-refractivity contribution is 5.98. The van der Waals surface area contributed by atoms with Crippen LogP contribution in [-0.4, -0.2) is 30.1 Å². The summed E-state index contributed by atoms with van der Waals surface area (Å²) in [4.78, 5) is 24.7. The van der Waals surface area contributed by atoms with Gasteiger partial charge in [-0.25, -0.2) is 4.79 Å². The average Bonchev–Trinajstić information content (AvgIpc) is 3.26. The average molecular weight is 392 g/mol. The number of esters is 1. The maximum absolute atomic E-state index is 12.6. The van der Waals surface area contributed by atoms with Crippen molar-refractivity contribution in [2.45, 2.75) is 26.2 Å². The Morgan fingerprint density at radius 2 is 1.83 bits per heavy atom. The second-order valence-electron chi connectivity index (χ2n) is 6.83. The molecule has 0 radical (unpaired) electrons. The van der Waals surface area contributed by atoms with E-state index >= 15 is 0 Å². The molecular formula is C24H24O5. The van der Waals surface area contributed by atoms with E-state index < -0.39 is 0 Å². The third-order valence-electron chi connectivity index (χ3n) is 4.63. The molecule has 3 rings (SSSR count). The lowest BCUT2D eigenvalue weighted by Gasteiger charge is -2.10. The Kier molecular flexibility index (Phi) is 6.98. The third-order valence-corrected chi connectivity index (χ3v) is 4.63. The van der Waals surface area contributed by atoms with Crippen LogP contribution >= 0.6 is 0 Å². The minimum Gasteiger partial charge on any atom is -0.494 e. The molecule has 29 heavy (non-hydrogen) atoms. The number of carbonyl (C=O) groups excluding carboxylic acids is 2. The molecule has 0 amide bonds. The van der Waals surface area contributed by atoms with E-state index in [1.165, 1.54) is 0 Å². The standard InChI is InChI=1S/C24H24O5/c1-17-15-22(29-24(27)19-5-2-3-6-19)12-9-20(17)16-23(26)18-7-10-21(11-8-18)28-14-4-13-25/h2,5-12,15,25H,3-4,13-14,16H2,1H3. The van der Waals surface area contributed by atoms with Crippen LogP contribution in [0.1, 0.15) is 34.3 Å². The number of benzene rings is 2. The number of aliphatic hydroxyl groups is 1. The summed E-state index contributed by atoms with van der Waals surface area (Å²) < 4.78 is 10.9. The Labute approximate surface area is 170 Å². The zero-order valence-corrected chi connectivity index (χ0v) is 16.4. The smallest absolute Gasteiger partial charge is 0.343 e. The van der Waals surface area contributed by atoms with Crippen LogP contribution in [0.2, 0.25) is 0 Å². The lowest BCUT2D eigenvalue weighted by atomic mass is 9.99. The maximum Gasteiger partial charge on any atom is 0.343 e. The van der Waals surface area contributed by atoms with Gasteiger partial charge in [0.25, 0.3) is 0 Å². The fraction of sp³-hybridized carbons (Fsp3) is 0.250. The van der Waals surface area contributed by atoms with Gasteiger partial charge >= 0.3 is 5.97 Å². The van der Waals surface area contributed by atoms with Crippen molar-refractivity contribution in [1.29, 1.82) is 0 Å². The van der Waals surface area contributed by atoms with E-state index in [2.05, 4.69) is 0 Å². The van der Waals surface area contributed by atoms with E-state index in [-0.39, 0.29) is 24.8 Å². The Morgan fingerprint density at radius 3 is 2.48 bits per heavy atom. The van der Waals surface area contributed by atoms with Crippen LogP contribution in [0.3, 0.4) is 0 Å². The minimum absolute atomic E-state index is 0.000927. The quantitative estimate of drug-likeness (QED) is 0.303. The van der Waals surface area contributed by atoms with Crippen molar-refractivity contribution < 1.29 is 24.2 Å². The summed E-state index contributed by atoms with van der Waals surface area (Å²) in [5.74, 6) is 0.767. The SMILES string of the molecule is Cc1cc(OC(=O)C2=CCC=C2)ccc1CC(=O)c1ccc(OCCCO)cc1. The number of allylic oxidation sites excluding steroid dienone is 2. The Bertz CT molecular complexity index is 938. The summed E-state index contributed by atoms with van der Waals surface area (Å²) in [5.41, 5.74) is 2.95. The molecule has 0 aromatic heterocycles. The minimum atomic E-state index is -0.372. The first-order chi connectivity index (χ1) is 14.1. The molecular weight excluding hydrogens is 368 g/mol. The van der Waals surface area contributed by atoms with Gasteiger partial charge in [0.15, 0.2) is 5.78 Å². The zero-order valence-electron chi connectivity index (χ0n) is 16.4. The molecule has 2 aromatic carbocycles. The van der Waals surface area contributed by atoms with Gasteiger partial charge in [-0.1, -0.05) is 24.3 Å². The molecule has 0 saturated carbocycles. The highest BCUT2D eigenvalue weighted by atomic mass is 16.5. The molecule has 1 aliphatic rings. The summed E-state index contributed by atoms with van der Waals surface area (Å²) in [6.07, 6.45) is 7.07. The van der Waals surface area contributed by atoms with Gasteiger partial charge in [0, 0.05) is 25.0 Å². The van der Waals surface area contributed by atoms with Crippen LogP contribution in [0.4, 0.5) is 0 Å². The lowest BCUT2D eigenvalue weighted by Crippen LogP contribution is -2.10. The fourth-order valence-electron chi connectivity index (χ4n) is 2.97. The number of Topliss-reactive ketones (excluding diaryl/α,β-unsaturated/α-hetero) is 1. The second kappa shape index (κ2) is 9.85. The summed E-state index contributed by atoms with van der Waals surface area (Å²) in [6, 6.07) is 12.3. The van der Waals surface area contributed by atoms with Gasteiger partial charge in [-0.05, 0) is 60.9 Å². The van der Waals surface area contributed by atoms with Crippen LogP contribution in [0.15, 0.2) is 66.3 Å². The number of carbonyl (C=O) groups is 2. The first-order valence-corrected chi connectivity index (χ1v) is 9.62. The van der Waals surface area contributed by atoms with Gasteiger partial charge in [0.05, 0.1) is 12.2 Å². The molecule has 0 saturated heterocycles. The molecule has 5 nitrogen and oxygen atoms in total. The first kappa shape index (κ1) is 20.6. The van der Waals surface area contributed by atoms with E-state index in [9.17, 15) is 9.59 Å². The van der Waals surface area contributed by atoms with Crippen molar-refractivity contribution in [3.05, 3.63) is 83.0 Å². The second-order valence-corrected chi connectivity index (χ2v) is 6.83. The van der Waals surface area contributed by atoms with E-state index in [0.29, 0.717) is 35.7 Å². The monoisotopic (exact) mass is 392 g/mol. The van der Waals surface area contributed by atoms with Crippen molar-refractivity contribution in [3.8, 4) is 11.5 Å². The van der Waals surface area contributed by atoms with E-state index in [4.69, 9.17) is 14.6 Å². The maximum atomic E-state index is 12.6. The van der Waals surface area contributed by atoms with Gasteiger partial charge in [0.2, 0.25) is 0 Å². The summed E-state index contributed by atoms with van der Waals surface area (Å²) >= 11 is 0. The Hall–Kier alpha value is -3.18. The van der Waals surface area contributed by atoms with Crippen molar-refractivity contribution in [2.75, 3.05) is 13.2 Å². The zero-order chi connectivity index (χ0) is 20.6. The fourth-order valence-corrected chi connectivity index (χ4v) is 2.97. The van der Waals surface area contributed by atoms with Gasteiger partial charge in [-0.3, -0.25) is 4.79 Å². The van der Waals surface area contributed by atoms with Crippen LogP contribution in [0.25, 0.3) is 0 Å². The third kappa shape index (κ3) is 5.65. The number of ketones is 1. The van der Waals surface area contributed by atoms with Gasteiger partial charge < -0.3 is 14.6 Å². The number of rotatable bonds is 9. The van der Waals surface area contributed by atoms with Crippen molar-refractivity contribution in [1.82, 2.24) is 0 Å². The summed E-state index contributed by atoms with van der Waals surface area (Å²) in [6.45, 7) is 2.42. The normalized spacial score (nSPS) is 12.6. The molecule has 5 heteroatoms. The molecule has 1 N–H and O–H groups in total. The highest BCUT2D eigenvalue weighted by Gasteiger charge is 2.14. The first-order valence-electron chi connectivity index (χ1n) is 9.62. The predicted octanol–water partition coefficient (Wildman–Crippen LogP) is 3.97. The molecule has 2 aromatic rings. The molecule has 150 valence electrons. The van der Waals surface area contributed by atoms with Crippen LogP contribution < -0.4 is 9.47 Å². The molecule has 0 bridgehead atoms. The molecule has 0 atom stereocenters. The van der Waals surface area contributed by atoms with E-state index in [1.807, 2.05) is 25.1 Å². The Balaban J connectivity index is 1.60. The number of ether oxygens (including phenoxy) is 2. The lowest BCUT2D eigenvalue weighted by molar-refractivity contribution is -0.129. The Morgan fingerprint density at radius 1 is 1.07 bits per heavy atom. The van der Waals surface area contributed by atoms with Gasteiger partial charge in [0.1, 0.15) is 11.5 Å². The highest BCUT2D eigenvalue weighted by Crippen LogP contribution is 2.22. The molecule has 0 unspecified atom stereocenters. The molecule has 0 aliphatic heterocycles. The molecule has 0 heterocycles. The van der Waals surface area contributed by atoms with Crippen LogP contribution in [0.5, 0.6) is 11.5 Å². The molecule has 0 fully saturated rings. The molecule has 1 aliphatic carbocycles. The van der Waals surface area contributed by atoms with E-state index in [1.54, 1.807) is 42.5 Å². The summed E-state index contributed by atoms with van der Waals surface area (Å²) in [7, 11) is 0. The number of aryl methyl sites for hydroxylation is 1. The number of hydrogen-bond acceptors (Lipinski definition) is 5. The molecule has 0 spiro atoms. The largest absolute Gasteiger partial charge is 0.494 e. The van der Waals surface area contributed by atoms with E-state index in [0.717, 1.165) is 17.5 Å². The topological polar surface area (TPSA) is 72.8 Å². The van der Waals surface area contributed by atoms with Crippen molar-refractivity contribution in [2.24, 2.45) is 0 Å². The van der Waals surface area contributed by atoms with Crippen molar-refractivity contribution >= 4 is 11.8 Å². The summed E-state index contributed by atoms with van der Waals surface area (Å²) in [5, 5.41) is 8.78. The van der Waals surface area contributed by atoms with Crippen LogP contribution in [-0.2, 0) is 11.2 Å². The van der Waals surface area contributed by atoms with Gasteiger partial charge in [-0.2, -0.15) is 0 Å². The van der Waals surface area contributed by atoms with Crippen LogP contribution in [0, 0.1) is 6.92 Å². The predicted molar refractivity (Wildman–Crippen MR) is 110 cm³/mol.